The van der Waals surface area contributed by atoms with Gasteiger partial charge in [0.25, 0.3) is 5.91 Å². The monoisotopic (exact) mass is 267 g/mol. The molecule has 6 nitrogen and oxygen atoms in total. The number of nitrogens with zero attached hydrogens (tertiary/aromatic N) is 2. The molecule has 1 amide bonds. The quantitative estimate of drug-likeness (QED) is 0.511. The number of hydrazine groups is 1. The molecular formula is C12H18FN5O. The number of carbonyl (C=O) groups is 1. The number of nitrogen functional groups attached to an aromatic ring is 1. The van der Waals surface area contributed by atoms with E-state index >= 15 is 0 Å². The van der Waals surface area contributed by atoms with E-state index in [9.17, 15) is 9.18 Å². The molecule has 4 N–H and O–H groups in total. The minimum Gasteiger partial charge on any atom is -0.351 e. The highest BCUT2D eigenvalue weighted by Crippen LogP contribution is 2.24. The molecule has 1 aliphatic rings. The Balaban J connectivity index is 1.88. The van der Waals surface area contributed by atoms with Gasteiger partial charge >= 0.3 is 0 Å². The molecule has 104 valence electrons. The average molecular weight is 267 g/mol. The standard InChI is InChI=1S/C12H18FN5O/c1-18(8-2-3-8)7-6-16-12(19)9-4-5-15-11(17-14)10(9)13/h4-5,8H,2-3,6-7,14H2,1H3,(H,15,17)(H,16,19). The first-order chi connectivity index (χ1) is 9.13. The van der Waals surface area contributed by atoms with Crippen molar-refractivity contribution >= 4 is 11.7 Å². The highest BCUT2D eigenvalue weighted by atomic mass is 19.1. The van der Waals surface area contributed by atoms with Gasteiger partial charge in [-0.15, -0.1) is 0 Å². The molecule has 1 saturated carbocycles. The van der Waals surface area contributed by atoms with E-state index in [-0.39, 0.29) is 11.4 Å². The number of hydrogen-bond acceptors (Lipinski definition) is 5. The zero-order chi connectivity index (χ0) is 13.8. The minimum absolute atomic E-state index is 0.0583. The lowest BCUT2D eigenvalue weighted by molar-refractivity contribution is 0.0945. The summed E-state index contributed by atoms with van der Waals surface area (Å²) in [5.74, 6) is 3.78. The number of rotatable bonds is 6. The predicted octanol–water partition coefficient (Wildman–Crippen LogP) is 0.330. The number of halogens is 1. The summed E-state index contributed by atoms with van der Waals surface area (Å²) in [6.45, 7) is 1.24. The summed E-state index contributed by atoms with van der Waals surface area (Å²) in [5.41, 5.74) is 2.06. The maximum atomic E-state index is 13.8. The molecule has 7 heteroatoms. The Bertz CT molecular complexity index is 463. The molecule has 1 heterocycles. The van der Waals surface area contributed by atoms with Gasteiger partial charge in [0.1, 0.15) is 0 Å². The molecule has 0 bridgehead atoms. The fraction of sp³-hybridized carbons (Fsp3) is 0.500. The summed E-state index contributed by atoms with van der Waals surface area (Å²) in [7, 11) is 2.02. The molecular weight excluding hydrogens is 249 g/mol. The lowest BCUT2D eigenvalue weighted by Gasteiger charge is -2.15. The molecule has 0 saturated heterocycles. The van der Waals surface area contributed by atoms with Crippen LogP contribution in [0.1, 0.15) is 23.2 Å². The van der Waals surface area contributed by atoms with Gasteiger partial charge in [-0.1, -0.05) is 0 Å². The highest BCUT2D eigenvalue weighted by molar-refractivity contribution is 5.95. The second kappa shape index (κ2) is 5.94. The van der Waals surface area contributed by atoms with Gasteiger partial charge in [-0.2, -0.15) is 0 Å². The third kappa shape index (κ3) is 3.39. The van der Waals surface area contributed by atoms with E-state index in [4.69, 9.17) is 5.84 Å². The lowest BCUT2D eigenvalue weighted by atomic mass is 10.2. The van der Waals surface area contributed by atoms with Gasteiger partial charge in [-0.25, -0.2) is 15.2 Å². The Morgan fingerprint density at radius 2 is 2.37 bits per heavy atom. The number of anilines is 1. The molecule has 1 aromatic rings. The molecule has 0 aromatic carbocycles. The Labute approximate surface area is 111 Å². The fourth-order valence-corrected chi connectivity index (χ4v) is 1.86. The van der Waals surface area contributed by atoms with Crippen LogP contribution >= 0.6 is 0 Å². The number of pyridine rings is 1. The van der Waals surface area contributed by atoms with Crippen LogP contribution in [0.3, 0.4) is 0 Å². The molecule has 0 spiro atoms. The van der Waals surface area contributed by atoms with E-state index in [1.54, 1.807) is 0 Å². The summed E-state index contributed by atoms with van der Waals surface area (Å²) in [5, 5.41) is 2.69. The molecule has 2 rings (SSSR count). The van der Waals surface area contributed by atoms with Gasteiger partial charge in [-0.3, -0.25) is 4.79 Å². The SMILES string of the molecule is CN(CCNC(=O)c1ccnc(NN)c1F)C1CC1. The van der Waals surface area contributed by atoms with Gasteiger partial charge in [0.15, 0.2) is 11.6 Å². The minimum atomic E-state index is -0.738. The maximum absolute atomic E-state index is 13.8. The molecule has 0 radical (unpaired) electrons. The number of nitrogens with one attached hydrogen (secondary N) is 2. The first kappa shape index (κ1) is 13.7. The maximum Gasteiger partial charge on any atom is 0.254 e. The molecule has 0 atom stereocenters. The topological polar surface area (TPSA) is 83.3 Å². The average Bonchev–Trinajstić information content (AvgIpc) is 3.23. The smallest absolute Gasteiger partial charge is 0.254 e. The number of likely N-dealkylation sites (N-methyl/N-ethyl adjacent to an activating group) is 1. The molecule has 1 fully saturated rings. The molecule has 0 aliphatic heterocycles. The van der Waals surface area contributed by atoms with Crippen molar-refractivity contribution in [2.24, 2.45) is 5.84 Å². The van der Waals surface area contributed by atoms with Crippen LogP contribution in [-0.2, 0) is 0 Å². The van der Waals surface area contributed by atoms with Crippen molar-refractivity contribution in [3.8, 4) is 0 Å². The third-order valence-corrected chi connectivity index (χ3v) is 3.19. The van der Waals surface area contributed by atoms with Crippen LogP contribution < -0.4 is 16.6 Å². The molecule has 1 aliphatic carbocycles. The van der Waals surface area contributed by atoms with Crippen molar-refractivity contribution in [3.05, 3.63) is 23.6 Å². The van der Waals surface area contributed by atoms with Crippen LogP contribution in [0.4, 0.5) is 10.2 Å². The first-order valence-corrected chi connectivity index (χ1v) is 6.23. The molecule has 19 heavy (non-hydrogen) atoms. The number of nitrogens with two attached hydrogens (primary N) is 1. The van der Waals surface area contributed by atoms with Gasteiger partial charge in [0.2, 0.25) is 0 Å². The number of hydrogen-bond donors (Lipinski definition) is 3. The van der Waals surface area contributed by atoms with E-state index in [0.29, 0.717) is 12.6 Å². The van der Waals surface area contributed by atoms with Gasteiger partial charge < -0.3 is 15.6 Å². The number of aromatic nitrogens is 1. The zero-order valence-electron chi connectivity index (χ0n) is 10.8. The second-order valence-corrected chi connectivity index (χ2v) is 4.63. The highest BCUT2D eigenvalue weighted by Gasteiger charge is 2.25. The van der Waals surface area contributed by atoms with Gasteiger partial charge in [0.05, 0.1) is 5.56 Å². The van der Waals surface area contributed by atoms with Crippen molar-refractivity contribution in [1.29, 1.82) is 0 Å². The molecule has 0 unspecified atom stereocenters. The number of amides is 1. The summed E-state index contributed by atoms with van der Waals surface area (Å²) >= 11 is 0. The van der Waals surface area contributed by atoms with Crippen molar-refractivity contribution in [2.75, 3.05) is 25.6 Å². The van der Waals surface area contributed by atoms with Crippen molar-refractivity contribution < 1.29 is 9.18 Å². The van der Waals surface area contributed by atoms with Gasteiger partial charge in [-0.05, 0) is 26.0 Å². The predicted molar refractivity (Wildman–Crippen MR) is 70.0 cm³/mol. The Morgan fingerprint density at radius 1 is 1.63 bits per heavy atom. The van der Waals surface area contributed by atoms with Crippen molar-refractivity contribution in [2.45, 2.75) is 18.9 Å². The van der Waals surface area contributed by atoms with Crippen LogP contribution in [0, 0.1) is 5.82 Å². The van der Waals surface area contributed by atoms with Crippen LogP contribution in [0.15, 0.2) is 12.3 Å². The fourth-order valence-electron chi connectivity index (χ4n) is 1.86. The Morgan fingerprint density at radius 3 is 3.00 bits per heavy atom. The Hall–Kier alpha value is -1.73. The van der Waals surface area contributed by atoms with E-state index in [0.717, 1.165) is 6.54 Å². The van der Waals surface area contributed by atoms with E-state index < -0.39 is 11.7 Å². The van der Waals surface area contributed by atoms with Crippen LogP contribution in [0.2, 0.25) is 0 Å². The van der Waals surface area contributed by atoms with E-state index in [1.807, 2.05) is 7.05 Å². The van der Waals surface area contributed by atoms with Crippen LogP contribution in [0.25, 0.3) is 0 Å². The number of carbonyl (C=O) groups excluding carboxylic acids is 1. The molecule has 1 aromatic heterocycles. The van der Waals surface area contributed by atoms with Crippen LogP contribution in [-0.4, -0.2) is 42.0 Å². The van der Waals surface area contributed by atoms with E-state index in [1.165, 1.54) is 25.1 Å². The van der Waals surface area contributed by atoms with Crippen LogP contribution in [0.5, 0.6) is 0 Å². The largest absolute Gasteiger partial charge is 0.351 e. The summed E-state index contributed by atoms with van der Waals surface area (Å²) < 4.78 is 13.8. The summed E-state index contributed by atoms with van der Waals surface area (Å²) in [6.07, 6.45) is 3.77. The summed E-state index contributed by atoms with van der Waals surface area (Å²) in [6, 6.07) is 1.97. The lowest BCUT2D eigenvalue weighted by Crippen LogP contribution is -2.34. The first-order valence-electron chi connectivity index (χ1n) is 6.23. The van der Waals surface area contributed by atoms with Crippen molar-refractivity contribution in [1.82, 2.24) is 15.2 Å². The Kier molecular flexibility index (Phi) is 4.28. The third-order valence-electron chi connectivity index (χ3n) is 3.19. The zero-order valence-corrected chi connectivity index (χ0v) is 10.8. The normalized spacial score (nSPS) is 14.5. The van der Waals surface area contributed by atoms with Gasteiger partial charge in [0, 0.05) is 25.3 Å². The summed E-state index contributed by atoms with van der Waals surface area (Å²) in [4.78, 5) is 17.7. The van der Waals surface area contributed by atoms with Crippen molar-refractivity contribution in [3.63, 3.8) is 0 Å². The second-order valence-electron chi connectivity index (χ2n) is 4.63. The van der Waals surface area contributed by atoms with E-state index in [2.05, 4.69) is 20.6 Å².